The summed E-state index contributed by atoms with van der Waals surface area (Å²) in [6.07, 6.45) is 0. The third-order valence-corrected chi connectivity index (χ3v) is 13.5. The molecule has 2 aliphatic carbocycles. The van der Waals surface area contributed by atoms with Crippen LogP contribution in [0.5, 0.6) is 0 Å². The number of furan rings is 2. The van der Waals surface area contributed by atoms with Gasteiger partial charge in [0.05, 0.1) is 5.41 Å². The van der Waals surface area contributed by atoms with Gasteiger partial charge in [0.2, 0.25) is 0 Å². The van der Waals surface area contributed by atoms with Gasteiger partial charge < -0.3 is 8.83 Å². The van der Waals surface area contributed by atoms with Gasteiger partial charge in [-0.3, -0.25) is 0 Å². The second kappa shape index (κ2) is 11.2. The summed E-state index contributed by atoms with van der Waals surface area (Å²) in [6, 6.07) is 71.4. The first-order valence-electron chi connectivity index (χ1n) is 20.4. The molecular formula is C57H32O2. The third kappa shape index (κ3) is 3.96. The minimum Gasteiger partial charge on any atom is -0.456 e. The predicted octanol–water partition coefficient (Wildman–Crippen LogP) is 15.5. The van der Waals surface area contributed by atoms with Gasteiger partial charge in [0, 0.05) is 26.9 Å². The summed E-state index contributed by atoms with van der Waals surface area (Å²) >= 11 is 0. The molecule has 0 radical (unpaired) electrons. The van der Waals surface area contributed by atoms with E-state index in [9.17, 15) is 0 Å². The Bertz CT molecular complexity index is 3750. The van der Waals surface area contributed by atoms with Crippen LogP contribution in [-0.4, -0.2) is 0 Å². The highest BCUT2D eigenvalue weighted by molar-refractivity contribution is 6.19. The van der Waals surface area contributed by atoms with Crippen molar-refractivity contribution in [2.45, 2.75) is 5.41 Å². The van der Waals surface area contributed by atoms with E-state index in [2.05, 4.69) is 182 Å². The van der Waals surface area contributed by atoms with Gasteiger partial charge in [-0.2, -0.15) is 0 Å². The minimum absolute atomic E-state index is 0.492. The summed E-state index contributed by atoms with van der Waals surface area (Å²) < 4.78 is 13.1. The number of benzene rings is 10. The first-order chi connectivity index (χ1) is 29.3. The zero-order chi connectivity index (χ0) is 38.4. The fourth-order valence-corrected chi connectivity index (χ4v) is 11.1. The van der Waals surface area contributed by atoms with E-state index in [1.165, 1.54) is 77.4 Å². The van der Waals surface area contributed by atoms with Gasteiger partial charge in [-0.1, -0.05) is 158 Å². The van der Waals surface area contributed by atoms with E-state index in [0.717, 1.165) is 54.8 Å². The standard InChI is InChI=1S/C57H32O2/c1-2-12-38-33(11-1)23-28-46-55-37(17-10-22-52(55)59-56(38)46)34-25-27-45-50(31-34)57(47-19-6-3-13-40(47)41-14-4-7-20-48(41)57)49-30-29-39-36(16-9-18-44(39)54(45)49)35-24-26-43-42-15-5-8-21-51(42)58-53(43)32-35/h1-32H. The summed E-state index contributed by atoms with van der Waals surface area (Å²) in [5.41, 5.74) is 18.4. The fraction of sp³-hybridized carbons (Fsp3) is 0.0175. The molecule has 10 aromatic carbocycles. The molecule has 2 nitrogen and oxygen atoms in total. The molecule has 0 aliphatic heterocycles. The van der Waals surface area contributed by atoms with E-state index in [-0.39, 0.29) is 0 Å². The van der Waals surface area contributed by atoms with Crippen molar-refractivity contribution >= 4 is 65.4 Å². The number of hydrogen-bond acceptors (Lipinski definition) is 2. The van der Waals surface area contributed by atoms with E-state index < -0.39 is 5.41 Å². The summed E-state index contributed by atoms with van der Waals surface area (Å²) in [5.74, 6) is 0. The second-order valence-corrected chi connectivity index (χ2v) is 16.2. The average molecular weight is 749 g/mol. The molecule has 12 aromatic rings. The Labute approximate surface area is 339 Å². The highest BCUT2D eigenvalue weighted by Crippen LogP contribution is 2.64. The van der Waals surface area contributed by atoms with Crippen molar-refractivity contribution < 1.29 is 8.83 Å². The number of hydrogen-bond donors (Lipinski definition) is 0. The van der Waals surface area contributed by atoms with Crippen LogP contribution in [0.2, 0.25) is 0 Å². The Hall–Kier alpha value is -7.68. The lowest BCUT2D eigenvalue weighted by Gasteiger charge is -2.31. The van der Waals surface area contributed by atoms with E-state index in [1.807, 2.05) is 12.1 Å². The lowest BCUT2D eigenvalue weighted by molar-refractivity contribution is 0.669. The van der Waals surface area contributed by atoms with Crippen LogP contribution >= 0.6 is 0 Å². The fourth-order valence-electron chi connectivity index (χ4n) is 11.1. The SMILES string of the molecule is c1ccc2c(c1)-c1ccccc1C21c2cc(-c3cccc4oc5c6ccccc6ccc5c34)ccc2-c2c1ccc1c(-c3ccc4c(c3)oc3ccccc34)cccc21. The Morgan fingerprint density at radius 1 is 0.305 bits per heavy atom. The Morgan fingerprint density at radius 2 is 0.932 bits per heavy atom. The molecule has 1 spiro atoms. The van der Waals surface area contributed by atoms with E-state index in [4.69, 9.17) is 8.83 Å². The number of fused-ring (bicyclic) bond motifs is 20. The molecular weight excluding hydrogens is 717 g/mol. The smallest absolute Gasteiger partial charge is 0.143 e. The van der Waals surface area contributed by atoms with Crippen LogP contribution in [0.1, 0.15) is 22.3 Å². The van der Waals surface area contributed by atoms with Crippen LogP contribution in [0.4, 0.5) is 0 Å². The summed E-state index contributed by atoms with van der Waals surface area (Å²) in [6.45, 7) is 0. The van der Waals surface area contributed by atoms with Gasteiger partial charge in [0.15, 0.2) is 0 Å². The maximum absolute atomic E-state index is 6.69. The van der Waals surface area contributed by atoms with Crippen LogP contribution in [-0.2, 0) is 5.41 Å². The van der Waals surface area contributed by atoms with Crippen molar-refractivity contribution in [2.75, 3.05) is 0 Å². The Morgan fingerprint density at radius 3 is 1.81 bits per heavy atom. The van der Waals surface area contributed by atoms with Crippen molar-refractivity contribution in [3.63, 3.8) is 0 Å². The van der Waals surface area contributed by atoms with Crippen molar-refractivity contribution in [1.82, 2.24) is 0 Å². The molecule has 14 rings (SSSR count). The molecule has 2 heteroatoms. The monoisotopic (exact) mass is 748 g/mol. The molecule has 0 fully saturated rings. The van der Waals surface area contributed by atoms with Crippen LogP contribution in [0.3, 0.4) is 0 Å². The van der Waals surface area contributed by atoms with Gasteiger partial charge in [-0.15, -0.1) is 0 Å². The lowest BCUT2D eigenvalue weighted by Crippen LogP contribution is -2.25. The Kier molecular flexibility index (Phi) is 5.99. The zero-order valence-corrected chi connectivity index (χ0v) is 31.8. The van der Waals surface area contributed by atoms with Crippen LogP contribution in [0.15, 0.2) is 203 Å². The minimum atomic E-state index is -0.492. The maximum Gasteiger partial charge on any atom is 0.143 e. The molecule has 0 bridgehead atoms. The molecule has 0 amide bonds. The normalized spacial score (nSPS) is 13.6. The molecule has 0 atom stereocenters. The first kappa shape index (κ1) is 31.4. The molecule has 0 unspecified atom stereocenters. The van der Waals surface area contributed by atoms with Crippen LogP contribution < -0.4 is 0 Å². The van der Waals surface area contributed by atoms with E-state index >= 15 is 0 Å². The van der Waals surface area contributed by atoms with Crippen molar-refractivity contribution in [1.29, 1.82) is 0 Å². The molecule has 59 heavy (non-hydrogen) atoms. The van der Waals surface area contributed by atoms with Crippen molar-refractivity contribution in [3.8, 4) is 44.5 Å². The second-order valence-electron chi connectivity index (χ2n) is 16.2. The van der Waals surface area contributed by atoms with Gasteiger partial charge in [-0.25, -0.2) is 0 Å². The summed E-state index contributed by atoms with van der Waals surface area (Å²) in [4.78, 5) is 0. The van der Waals surface area contributed by atoms with E-state index in [0.29, 0.717) is 0 Å². The molecule has 2 heterocycles. The van der Waals surface area contributed by atoms with Gasteiger partial charge >= 0.3 is 0 Å². The topological polar surface area (TPSA) is 26.3 Å². The quantitative estimate of drug-likeness (QED) is 0.176. The predicted molar refractivity (Wildman–Crippen MR) is 243 cm³/mol. The van der Waals surface area contributed by atoms with Crippen LogP contribution in [0.25, 0.3) is 110 Å². The zero-order valence-electron chi connectivity index (χ0n) is 31.8. The van der Waals surface area contributed by atoms with Gasteiger partial charge in [0.1, 0.15) is 22.3 Å². The molecule has 272 valence electrons. The summed E-state index contributed by atoms with van der Waals surface area (Å²) in [5, 5.41) is 9.39. The number of para-hydroxylation sites is 1. The first-order valence-corrected chi connectivity index (χ1v) is 20.4. The Balaban J connectivity index is 1.05. The molecule has 2 aliphatic rings. The van der Waals surface area contributed by atoms with Crippen LogP contribution in [0, 0.1) is 0 Å². The van der Waals surface area contributed by atoms with E-state index in [1.54, 1.807) is 0 Å². The highest BCUT2D eigenvalue weighted by atomic mass is 16.3. The largest absolute Gasteiger partial charge is 0.456 e. The summed E-state index contributed by atoms with van der Waals surface area (Å²) in [7, 11) is 0. The van der Waals surface area contributed by atoms with Gasteiger partial charge in [-0.05, 0) is 119 Å². The molecule has 0 saturated heterocycles. The molecule has 0 N–H and O–H groups in total. The molecule has 2 aromatic heterocycles. The maximum atomic E-state index is 6.69. The number of rotatable bonds is 2. The third-order valence-electron chi connectivity index (χ3n) is 13.5. The lowest BCUT2D eigenvalue weighted by atomic mass is 9.70. The van der Waals surface area contributed by atoms with Crippen molar-refractivity contribution in [3.05, 3.63) is 216 Å². The highest BCUT2D eigenvalue weighted by Gasteiger charge is 2.52. The van der Waals surface area contributed by atoms with Gasteiger partial charge in [0.25, 0.3) is 0 Å². The average Bonchev–Trinajstić information content (AvgIpc) is 4.03. The molecule has 0 saturated carbocycles. The van der Waals surface area contributed by atoms with Crippen molar-refractivity contribution in [2.24, 2.45) is 0 Å².